The highest BCUT2D eigenvalue weighted by molar-refractivity contribution is 5.63. The molecule has 1 rings (SSSR count). The van der Waals surface area contributed by atoms with Gasteiger partial charge in [0.2, 0.25) is 0 Å². The maximum atomic E-state index is 8.27. The molecule has 0 saturated heterocycles. The minimum absolute atomic E-state index is 0.445. The van der Waals surface area contributed by atoms with Crippen LogP contribution in [-0.2, 0) is 0 Å². The third kappa shape index (κ3) is 1.80. The lowest BCUT2D eigenvalue weighted by atomic mass is 10.2. The summed E-state index contributed by atoms with van der Waals surface area (Å²) >= 11 is 0. The highest BCUT2D eigenvalue weighted by Crippen LogP contribution is 2.04. The molecule has 0 unspecified atom stereocenters. The van der Waals surface area contributed by atoms with Crippen molar-refractivity contribution in [3.63, 3.8) is 0 Å². The van der Waals surface area contributed by atoms with Crippen molar-refractivity contribution < 1.29 is 0 Å². The highest BCUT2D eigenvalue weighted by atomic mass is 14.6. The van der Waals surface area contributed by atoms with E-state index in [1.54, 1.807) is 24.5 Å². The Bertz CT molecular complexity index is 295. The number of nitrogens with zero attached hydrogens (tertiary/aromatic N) is 2. The van der Waals surface area contributed by atoms with Crippen LogP contribution in [0.25, 0.3) is 5.70 Å². The third-order valence-electron chi connectivity index (χ3n) is 1.21. The highest BCUT2D eigenvalue weighted by Gasteiger charge is 1.92. The number of nitriles is 1. The summed E-state index contributed by atoms with van der Waals surface area (Å²) in [6.45, 7) is 0. The van der Waals surface area contributed by atoms with E-state index in [-0.39, 0.29) is 0 Å². The van der Waals surface area contributed by atoms with Crippen molar-refractivity contribution in [1.82, 2.24) is 4.98 Å². The van der Waals surface area contributed by atoms with Gasteiger partial charge >= 0.3 is 0 Å². The van der Waals surface area contributed by atoms with Gasteiger partial charge < -0.3 is 5.73 Å². The Labute approximate surface area is 64.8 Å². The molecular formula is C8H7N3. The minimum Gasteiger partial charge on any atom is -0.398 e. The molecule has 3 heteroatoms. The molecule has 1 aromatic heterocycles. The van der Waals surface area contributed by atoms with E-state index in [0.29, 0.717) is 5.70 Å². The van der Waals surface area contributed by atoms with Gasteiger partial charge in [-0.2, -0.15) is 5.26 Å². The number of aromatic nitrogens is 1. The predicted molar refractivity (Wildman–Crippen MR) is 42.0 cm³/mol. The SMILES string of the molecule is N#C/C=C(\N)c1cccnc1. The van der Waals surface area contributed by atoms with Gasteiger partial charge in [-0.05, 0) is 12.1 Å². The Morgan fingerprint density at radius 1 is 1.73 bits per heavy atom. The van der Waals surface area contributed by atoms with E-state index in [2.05, 4.69) is 4.98 Å². The summed E-state index contributed by atoms with van der Waals surface area (Å²) in [4.78, 5) is 3.86. The molecule has 0 aromatic carbocycles. The lowest BCUT2D eigenvalue weighted by molar-refractivity contribution is 1.30. The predicted octanol–water partition coefficient (Wildman–Crippen LogP) is 0.905. The van der Waals surface area contributed by atoms with E-state index in [4.69, 9.17) is 11.0 Å². The summed E-state index contributed by atoms with van der Waals surface area (Å²) in [7, 11) is 0. The van der Waals surface area contributed by atoms with Gasteiger partial charge in [-0.15, -0.1) is 0 Å². The number of rotatable bonds is 1. The van der Waals surface area contributed by atoms with Crippen molar-refractivity contribution in [3.05, 3.63) is 36.2 Å². The average molecular weight is 145 g/mol. The number of nitrogens with two attached hydrogens (primary N) is 1. The molecule has 11 heavy (non-hydrogen) atoms. The Morgan fingerprint density at radius 3 is 3.09 bits per heavy atom. The van der Waals surface area contributed by atoms with Crippen LogP contribution in [0.3, 0.4) is 0 Å². The zero-order valence-electron chi connectivity index (χ0n) is 5.86. The molecule has 0 aliphatic carbocycles. The molecular weight excluding hydrogens is 138 g/mol. The van der Waals surface area contributed by atoms with Crippen molar-refractivity contribution in [2.45, 2.75) is 0 Å². The first kappa shape index (κ1) is 7.29. The van der Waals surface area contributed by atoms with E-state index >= 15 is 0 Å². The van der Waals surface area contributed by atoms with Gasteiger partial charge in [-0.3, -0.25) is 4.98 Å². The summed E-state index contributed by atoms with van der Waals surface area (Å²) in [5, 5.41) is 8.27. The van der Waals surface area contributed by atoms with E-state index in [1.807, 2.05) is 6.07 Å². The second-order valence-electron chi connectivity index (χ2n) is 1.97. The molecule has 0 spiro atoms. The van der Waals surface area contributed by atoms with E-state index in [0.717, 1.165) is 5.56 Å². The molecule has 2 N–H and O–H groups in total. The lowest BCUT2D eigenvalue weighted by Gasteiger charge is -1.95. The fraction of sp³-hybridized carbons (Fsp3) is 0. The number of pyridine rings is 1. The number of hydrogen-bond donors (Lipinski definition) is 1. The number of hydrogen-bond acceptors (Lipinski definition) is 3. The largest absolute Gasteiger partial charge is 0.398 e. The van der Waals surface area contributed by atoms with Crippen LogP contribution in [0.2, 0.25) is 0 Å². The van der Waals surface area contributed by atoms with Crippen molar-refractivity contribution in [3.8, 4) is 6.07 Å². The first-order valence-electron chi connectivity index (χ1n) is 3.10. The molecule has 3 nitrogen and oxygen atoms in total. The molecule has 0 aliphatic heterocycles. The summed E-state index contributed by atoms with van der Waals surface area (Å²) in [5.41, 5.74) is 6.72. The second-order valence-corrected chi connectivity index (χ2v) is 1.97. The molecule has 0 bridgehead atoms. The molecule has 1 heterocycles. The zero-order chi connectivity index (χ0) is 8.10. The van der Waals surface area contributed by atoms with Gasteiger partial charge in [-0.1, -0.05) is 0 Å². The van der Waals surface area contributed by atoms with Gasteiger partial charge in [0.25, 0.3) is 0 Å². The Hall–Kier alpha value is -1.82. The minimum atomic E-state index is 0.445. The van der Waals surface area contributed by atoms with Crippen LogP contribution in [0.15, 0.2) is 30.6 Å². The molecule has 1 aromatic rings. The van der Waals surface area contributed by atoms with E-state index in [9.17, 15) is 0 Å². The fourth-order valence-electron chi connectivity index (χ4n) is 0.686. The standard InChI is InChI=1S/C8H7N3/c9-4-3-8(10)7-2-1-5-11-6-7/h1-3,5-6H,10H2/b8-3-. The van der Waals surface area contributed by atoms with Crippen molar-refractivity contribution >= 4 is 5.70 Å². The molecule has 0 atom stereocenters. The maximum Gasteiger partial charge on any atom is 0.0933 e. The lowest BCUT2D eigenvalue weighted by Crippen LogP contribution is -1.95. The quantitative estimate of drug-likeness (QED) is 0.597. The maximum absolute atomic E-state index is 8.27. The molecule has 0 amide bonds. The molecule has 0 aliphatic rings. The second kappa shape index (κ2) is 3.37. The van der Waals surface area contributed by atoms with Crippen molar-refractivity contribution in [2.75, 3.05) is 0 Å². The molecule has 0 fully saturated rings. The van der Waals surface area contributed by atoms with Crippen LogP contribution in [0.5, 0.6) is 0 Å². The zero-order valence-corrected chi connectivity index (χ0v) is 5.86. The smallest absolute Gasteiger partial charge is 0.0933 e. The van der Waals surface area contributed by atoms with Gasteiger partial charge in [0, 0.05) is 24.0 Å². The van der Waals surface area contributed by atoms with Crippen LogP contribution in [0.4, 0.5) is 0 Å². The first-order chi connectivity index (χ1) is 5.34. The summed E-state index contributed by atoms with van der Waals surface area (Å²) < 4.78 is 0. The number of allylic oxidation sites excluding steroid dienone is 1. The van der Waals surface area contributed by atoms with E-state index in [1.165, 1.54) is 6.08 Å². The van der Waals surface area contributed by atoms with Crippen LogP contribution in [0.1, 0.15) is 5.56 Å². The normalized spacial score (nSPS) is 10.6. The van der Waals surface area contributed by atoms with Crippen LogP contribution in [0, 0.1) is 11.3 Å². The van der Waals surface area contributed by atoms with Crippen molar-refractivity contribution in [1.29, 1.82) is 5.26 Å². The van der Waals surface area contributed by atoms with Crippen LogP contribution >= 0.6 is 0 Å². The monoisotopic (exact) mass is 145 g/mol. The van der Waals surface area contributed by atoms with E-state index < -0.39 is 0 Å². The van der Waals surface area contributed by atoms with Gasteiger partial charge in [-0.25, -0.2) is 0 Å². The summed E-state index contributed by atoms with van der Waals surface area (Å²) in [6, 6.07) is 5.42. The fourth-order valence-corrected chi connectivity index (χ4v) is 0.686. The van der Waals surface area contributed by atoms with Gasteiger partial charge in [0.1, 0.15) is 0 Å². The topological polar surface area (TPSA) is 62.7 Å². The van der Waals surface area contributed by atoms with Gasteiger partial charge in [0.05, 0.1) is 11.8 Å². The van der Waals surface area contributed by atoms with Crippen LogP contribution in [-0.4, -0.2) is 4.98 Å². The Balaban J connectivity index is 2.96. The first-order valence-corrected chi connectivity index (χ1v) is 3.10. The molecule has 0 saturated carbocycles. The Morgan fingerprint density at radius 2 is 2.55 bits per heavy atom. The summed E-state index contributed by atoms with van der Waals surface area (Å²) in [5.74, 6) is 0. The summed E-state index contributed by atoms with van der Waals surface area (Å²) in [6.07, 6.45) is 4.56. The van der Waals surface area contributed by atoms with Crippen LogP contribution < -0.4 is 5.73 Å². The molecule has 0 radical (unpaired) electrons. The third-order valence-corrected chi connectivity index (χ3v) is 1.21. The molecule has 54 valence electrons. The van der Waals surface area contributed by atoms with Crippen molar-refractivity contribution in [2.24, 2.45) is 5.73 Å². The van der Waals surface area contributed by atoms with Gasteiger partial charge in [0.15, 0.2) is 0 Å². The Kier molecular flexibility index (Phi) is 2.24. The average Bonchev–Trinajstić information content (AvgIpc) is 2.07.